The fourth-order valence-corrected chi connectivity index (χ4v) is 2.52. The molecule has 0 bridgehead atoms. The summed E-state index contributed by atoms with van der Waals surface area (Å²) in [6, 6.07) is 8.45. The van der Waals surface area contributed by atoms with Crippen molar-refractivity contribution in [1.29, 1.82) is 0 Å². The molecule has 0 aliphatic heterocycles. The summed E-state index contributed by atoms with van der Waals surface area (Å²) in [7, 11) is 0. The number of hydrogen-bond donors (Lipinski definition) is 1. The van der Waals surface area contributed by atoms with Gasteiger partial charge in [-0.1, -0.05) is 12.1 Å². The maximum absolute atomic E-state index is 13.7. The summed E-state index contributed by atoms with van der Waals surface area (Å²) in [6.45, 7) is 0. The van der Waals surface area contributed by atoms with Crippen molar-refractivity contribution in [1.82, 2.24) is 0 Å². The van der Waals surface area contributed by atoms with Gasteiger partial charge in [0.25, 0.3) is 0 Å². The molecule has 0 unspecified atom stereocenters. The van der Waals surface area contributed by atoms with Gasteiger partial charge in [0, 0.05) is 16.7 Å². The number of Topliss-reactive ketones (excluding diaryl/α,β-unsaturated/α-hetero) is 1. The molecule has 0 saturated carbocycles. The van der Waals surface area contributed by atoms with Crippen LogP contribution >= 0.6 is 0 Å². The van der Waals surface area contributed by atoms with Crippen molar-refractivity contribution in [3.8, 4) is 5.75 Å². The number of fused-ring (bicyclic) bond motifs is 1. The normalized spacial score (nSPS) is 16.1. The maximum atomic E-state index is 13.7. The second-order valence-electron chi connectivity index (χ2n) is 4.98. The number of phenolic OH excluding ortho intramolecular Hbond substituents is 1. The molecule has 0 heterocycles. The Balaban J connectivity index is 2.02. The monoisotopic (exact) mass is 286 g/mol. The summed E-state index contributed by atoms with van der Waals surface area (Å²) in [4.78, 5) is 12.4. The fourth-order valence-electron chi connectivity index (χ4n) is 2.52. The molecule has 1 aliphatic rings. The largest absolute Gasteiger partial charge is 0.508 e. The van der Waals surface area contributed by atoms with Crippen LogP contribution in [0.4, 0.5) is 8.78 Å². The van der Waals surface area contributed by atoms with E-state index in [1.165, 1.54) is 24.3 Å². The molecule has 4 heteroatoms. The highest BCUT2D eigenvalue weighted by molar-refractivity contribution is 6.13. The smallest absolute Gasteiger partial charge is 0.189 e. The molecule has 2 aromatic rings. The fraction of sp³-hybridized carbons (Fsp3) is 0.118. The first-order valence-electron chi connectivity index (χ1n) is 6.57. The lowest BCUT2D eigenvalue weighted by Crippen LogP contribution is -2.14. The number of aromatic hydroxyl groups is 1. The number of rotatable bonds is 1. The first-order valence-corrected chi connectivity index (χ1v) is 6.57. The highest BCUT2D eigenvalue weighted by Gasteiger charge is 2.22. The molecule has 21 heavy (non-hydrogen) atoms. The predicted molar refractivity (Wildman–Crippen MR) is 75.1 cm³/mol. The van der Waals surface area contributed by atoms with Gasteiger partial charge < -0.3 is 5.11 Å². The van der Waals surface area contributed by atoms with Gasteiger partial charge in [0.05, 0.1) is 0 Å². The van der Waals surface area contributed by atoms with Crippen LogP contribution < -0.4 is 0 Å². The number of benzene rings is 2. The summed E-state index contributed by atoms with van der Waals surface area (Å²) in [6.07, 6.45) is 2.42. The number of ketones is 1. The topological polar surface area (TPSA) is 37.3 Å². The molecule has 1 aliphatic carbocycles. The van der Waals surface area contributed by atoms with Crippen LogP contribution in [0, 0.1) is 11.6 Å². The summed E-state index contributed by atoms with van der Waals surface area (Å²) < 4.78 is 26.9. The molecule has 0 fully saturated rings. The molecule has 0 aromatic heterocycles. The van der Waals surface area contributed by atoms with Crippen LogP contribution in [0.1, 0.15) is 27.9 Å². The lowest BCUT2D eigenvalue weighted by molar-refractivity contribution is 0.102. The molecule has 106 valence electrons. The minimum Gasteiger partial charge on any atom is -0.508 e. The molecule has 1 N–H and O–H groups in total. The summed E-state index contributed by atoms with van der Waals surface area (Å²) in [5.74, 6) is -1.97. The van der Waals surface area contributed by atoms with Crippen LogP contribution in [-0.2, 0) is 6.42 Å². The number of aryl methyl sites for hydroxylation is 1. The quantitative estimate of drug-likeness (QED) is 0.808. The van der Waals surface area contributed by atoms with Gasteiger partial charge in [-0.05, 0) is 48.7 Å². The zero-order valence-electron chi connectivity index (χ0n) is 11.1. The zero-order chi connectivity index (χ0) is 15.0. The van der Waals surface area contributed by atoms with Gasteiger partial charge in [0.15, 0.2) is 17.4 Å². The molecule has 0 amide bonds. The van der Waals surface area contributed by atoms with Crippen molar-refractivity contribution >= 4 is 11.9 Å². The van der Waals surface area contributed by atoms with Gasteiger partial charge in [-0.2, -0.15) is 0 Å². The van der Waals surface area contributed by atoms with E-state index in [1.54, 1.807) is 12.1 Å². The molecule has 2 nitrogen and oxygen atoms in total. The molecule has 0 spiro atoms. The molecule has 0 saturated heterocycles. The van der Waals surface area contributed by atoms with Crippen LogP contribution in [0.25, 0.3) is 6.08 Å². The van der Waals surface area contributed by atoms with E-state index in [0.717, 1.165) is 11.6 Å². The SMILES string of the molecule is O=C1C(=Cc2cccc(F)c2F)CCc2cc(O)ccc21. The number of hydrogen-bond acceptors (Lipinski definition) is 2. The third-order valence-electron chi connectivity index (χ3n) is 3.60. The second-order valence-corrected chi connectivity index (χ2v) is 4.98. The van der Waals surface area contributed by atoms with Crippen LogP contribution in [0.15, 0.2) is 42.0 Å². The lowest BCUT2D eigenvalue weighted by atomic mass is 9.86. The van der Waals surface area contributed by atoms with E-state index in [-0.39, 0.29) is 17.1 Å². The minimum atomic E-state index is -0.950. The molecular formula is C17H12F2O2. The van der Waals surface area contributed by atoms with Crippen molar-refractivity contribution < 1.29 is 18.7 Å². The molecular weight excluding hydrogens is 274 g/mol. The van der Waals surface area contributed by atoms with Crippen LogP contribution in [0.2, 0.25) is 0 Å². The summed E-state index contributed by atoms with van der Waals surface area (Å²) in [5, 5.41) is 9.43. The van der Waals surface area contributed by atoms with E-state index in [4.69, 9.17) is 0 Å². The van der Waals surface area contributed by atoms with E-state index >= 15 is 0 Å². The van der Waals surface area contributed by atoms with Gasteiger partial charge in [0.1, 0.15) is 5.75 Å². The molecule has 3 rings (SSSR count). The molecule has 2 aromatic carbocycles. The Kier molecular flexibility index (Phi) is 3.29. The zero-order valence-corrected chi connectivity index (χ0v) is 11.1. The van der Waals surface area contributed by atoms with E-state index in [2.05, 4.69) is 0 Å². The minimum absolute atomic E-state index is 0.0700. The van der Waals surface area contributed by atoms with Gasteiger partial charge in [-0.15, -0.1) is 0 Å². The maximum Gasteiger partial charge on any atom is 0.189 e. The van der Waals surface area contributed by atoms with Gasteiger partial charge in [-0.25, -0.2) is 8.78 Å². The van der Waals surface area contributed by atoms with E-state index in [9.17, 15) is 18.7 Å². The van der Waals surface area contributed by atoms with Crippen LogP contribution in [0.3, 0.4) is 0 Å². The van der Waals surface area contributed by atoms with E-state index in [1.807, 2.05) is 0 Å². The second kappa shape index (κ2) is 5.13. The van der Waals surface area contributed by atoms with Crippen molar-refractivity contribution in [2.45, 2.75) is 12.8 Å². The van der Waals surface area contributed by atoms with Crippen molar-refractivity contribution in [2.75, 3.05) is 0 Å². The predicted octanol–water partition coefficient (Wildman–Crippen LogP) is 3.88. The van der Waals surface area contributed by atoms with Gasteiger partial charge in [-0.3, -0.25) is 4.79 Å². The average molecular weight is 286 g/mol. The standard InChI is InChI=1S/C17H12F2O2/c18-15-3-1-2-11(16(15)19)8-12-5-4-10-9-13(20)6-7-14(10)17(12)21/h1-3,6-9,20H,4-5H2. The Morgan fingerprint density at radius 1 is 1.10 bits per heavy atom. The van der Waals surface area contributed by atoms with E-state index < -0.39 is 11.6 Å². The Morgan fingerprint density at radius 2 is 1.90 bits per heavy atom. The summed E-state index contributed by atoms with van der Waals surface area (Å²) in [5.41, 5.74) is 1.79. The van der Waals surface area contributed by atoms with Crippen molar-refractivity contribution in [3.05, 3.63) is 70.3 Å². The van der Waals surface area contributed by atoms with Crippen LogP contribution in [0.5, 0.6) is 5.75 Å². The first-order chi connectivity index (χ1) is 10.1. The Bertz CT molecular complexity index is 763. The Morgan fingerprint density at radius 3 is 2.71 bits per heavy atom. The highest BCUT2D eigenvalue weighted by Crippen LogP contribution is 2.29. The summed E-state index contributed by atoms with van der Waals surface area (Å²) >= 11 is 0. The molecule has 0 radical (unpaired) electrons. The number of phenols is 1. The Hall–Kier alpha value is -2.49. The third kappa shape index (κ3) is 2.44. The van der Waals surface area contributed by atoms with E-state index in [0.29, 0.717) is 24.0 Å². The number of carbonyl (C=O) groups is 1. The number of allylic oxidation sites excluding steroid dienone is 1. The van der Waals surface area contributed by atoms with Crippen molar-refractivity contribution in [2.24, 2.45) is 0 Å². The Labute approximate surface area is 120 Å². The molecule has 0 atom stereocenters. The van der Waals surface area contributed by atoms with Crippen molar-refractivity contribution in [3.63, 3.8) is 0 Å². The highest BCUT2D eigenvalue weighted by atomic mass is 19.2. The first kappa shape index (κ1) is 13.5. The van der Waals surface area contributed by atoms with Gasteiger partial charge >= 0.3 is 0 Å². The van der Waals surface area contributed by atoms with Gasteiger partial charge in [0.2, 0.25) is 0 Å². The average Bonchev–Trinajstić information content (AvgIpc) is 2.46. The number of carbonyl (C=O) groups excluding carboxylic acids is 1. The lowest BCUT2D eigenvalue weighted by Gasteiger charge is -2.17. The van der Waals surface area contributed by atoms with Crippen LogP contribution in [-0.4, -0.2) is 10.9 Å². The number of halogens is 2. The third-order valence-corrected chi connectivity index (χ3v) is 3.60.